The second-order valence-electron chi connectivity index (χ2n) is 4.01. The highest BCUT2D eigenvalue weighted by atomic mass is 16.3. The Morgan fingerprint density at radius 2 is 1.89 bits per heavy atom. The minimum Gasteiger partial charge on any atom is -0.502 e. The average molecular weight is 258 g/mol. The first kappa shape index (κ1) is 11.1. The number of hydrogen-bond acceptors (Lipinski definition) is 5. The molecular formula is C12H10N4O3. The molecule has 7 heteroatoms. The van der Waals surface area contributed by atoms with Gasteiger partial charge in [-0.3, -0.25) is 9.78 Å². The number of nitrogens with two attached hydrogens (primary N) is 1. The number of hydrogen-bond donors (Lipinski definition) is 4. The molecule has 0 radical (unpaired) electrons. The van der Waals surface area contributed by atoms with Crippen molar-refractivity contribution in [3.8, 4) is 17.3 Å². The number of aromatic hydroxyl groups is 2. The highest BCUT2D eigenvalue weighted by Crippen LogP contribution is 2.31. The van der Waals surface area contributed by atoms with Crippen LogP contribution in [0.2, 0.25) is 0 Å². The molecular weight excluding hydrogens is 248 g/mol. The minimum atomic E-state index is -0.629. The predicted molar refractivity (Wildman–Crippen MR) is 69.4 cm³/mol. The van der Waals surface area contributed by atoms with Crippen molar-refractivity contribution < 1.29 is 10.2 Å². The Labute approximate surface area is 106 Å². The van der Waals surface area contributed by atoms with Crippen LogP contribution in [0.15, 0.2) is 35.1 Å². The fourth-order valence-electron chi connectivity index (χ4n) is 1.93. The number of nitrogens with zero attached hydrogens (tertiary/aromatic N) is 2. The van der Waals surface area contributed by atoms with E-state index in [0.717, 1.165) is 0 Å². The molecule has 19 heavy (non-hydrogen) atoms. The third kappa shape index (κ3) is 1.52. The van der Waals surface area contributed by atoms with Gasteiger partial charge in [0.1, 0.15) is 16.7 Å². The van der Waals surface area contributed by atoms with Gasteiger partial charge in [0, 0.05) is 0 Å². The lowest BCUT2D eigenvalue weighted by Gasteiger charge is -2.02. The Balaban J connectivity index is 2.42. The summed E-state index contributed by atoms with van der Waals surface area (Å²) in [7, 11) is 0. The van der Waals surface area contributed by atoms with Crippen LogP contribution in [0.25, 0.3) is 16.6 Å². The number of aromatic amines is 1. The number of anilines is 1. The first-order valence-electron chi connectivity index (χ1n) is 5.47. The smallest absolute Gasteiger partial charge is 0.264 e. The van der Waals surface area contributed by atoms with Crippen LogP contribution in [0.5, 0.6) is 11.6 Å². The highest BCUT2D eigenvalue weighted by molar-refractivity contribution is 5.93. The number of rotatable bonds is 1. The van der Waals surface area contributed by atoms with Crippen molar-refractivity contribution in [2.45, 2.75) is 0 Å². The molecule has 0 aliphatic heterocycles. The van der Waals surface area contributed by atoms with Crippen molar-refractivity contribution in [3.63, 3.8) is 0 Å². The van der Waals surface area contributed by atoms with E-state index in [4.69, 9.17) is 5.73 Å². The van der Waals surface area contributed by atoms with E-state index in [0.29, 0.717) is 5.69 Å². The molecule has 0 saturated heterocycles. The summed E-state index contributed by atoms with van der Waals surface area (Å²) in [5.41, 5.74) is 5.88. The molecule has 0 atom stereocenters. The van der Waals surface area contributed by atoms with Gasteiger partial charge in [-0.05, 0) is 12.1 Å². The number of aromatic nitrogens is 3. The van der Waals surface area contributed by atoms with Crippen molar-refractivity contribution >= 4 is 16.7 Å². The third-order valence-electron chi connectivity index (χ3n) is 2.83. The van der Waals surface area contributed by atoms with Gasteiger partial charge in [0.15, 0.2) is 0 Å². The molecule has 3 aromatic rings. The number of para-hydroxylation sites is 1. The normalized spacial score (nSPS) is 10.9. The maximum absolute atomic E-state index is 11.8. The van der Waals surface area contributed by atoms with Gasteiger partial charge >= 0.3 is 0 Å². The molecule has 7 nitrogen and oxygen atoms in total. The Kier molecular flexibility index (Phi) is 2.21. The molecule has 2 heterocycles. The van der Waals surface area contributed by atoms with Crippen molar-refractivity contribution in [2.75, 3.05) is 5.73 Å². The number of nitrogen functional groups attached to an aromatic ring is 1. The summed E-state index contributed by atoms with van der Waals surface area (Å²) >= 11 is 0. The molecule has 2 aromatic heterocycles. The summed E-state index contributed by atoms with van der Waals surface area (Å²) in [4.78, 5) is 13.9. The first-order valence-corrected chi connectivity index (χ1v) is 5.47. The molecule has 0 aliphatic carbocycles. The highest BCUT2D eigenvalue weighted by Gasteiger charge is 2.19. The van der Waals surface area contributed by atoms with E-state index in [1.54, 1.807) is 24.3 Å². The molecule has 5 N–H and O–H groups in total. The van der Waals surface area contributed by atoms with Crippen LogP contribution in [0.1, 0.15) is 0 Å². The monoisotopic (exact) mass is 258 g/mol. The number of nitrogens with one attached hydrogen (secondary N) is 1. The zero-order valence-electron chi connectivity index (χ0n) is 9.66. The van der Waals surface area contributed by atoms with Gasteiger partial charge in [0.25, 0.3) is 5.56 Å². The summed E-state index contributed by atoms with van der Waals surface area (Å²) in [6, 6.07) is 8.94. The summed E-state index contributed by atoms with van der Waals surface area (Å²) in [5, 5.41) is 23.2. The maximum atomic E-state index is 11.8. The van der Waals surface area contributed by atoms with Crippen LogP contribution in [0, 0.1) is 0 Å². The zero-order valence-corrected chi connectivity index (χ0v) is 9.66. The molecule has 0 fully saturated rings. The van der Waals surface area contributed by atoms with Gasteiger partial charge in [0.05, 0.1) is 5.69 Å². The van der Waals surface area contributed by atoms with Gasteiger partial charge in [-0.25, -0.2) is 4.68 Å². The van der Waals surface area contributed by atoms with Crippen LogP contribution in [-0.2, 0) is 0 Å². The van der Waals surface area contributed by atoms with E-state index in [2.05, 4.69) is 10.1 Å². The molecule has 0 aliphatic rings. The van der Waals surface area contributed by atoms with Crippen molar-refractivity contribution in [1.82, 2.24) is 14.8 Å². The largest absolute Gasteiger partial charge is 0.502 e. The van der Waals surface area contributed by atoms with Crippen LogP contribution < -0.4 is 11.3 Å². The second-order valence-corrected chi connectivity index (χ2v) is 4.01. The summed E-state index contributed by atoms with van der Waals surface area (Å²) in [5.74, 6) is -1.04. The van der Waals surface area contributed by atoms with Crippen molar-refractivity contribution in [2.24, 2.45) is 0 Å². The van der Waals surface area contributed by atoms with Crippen LogP contribution >= 0.6 is 0 Å². The summed E-state index contributed by atoms with van der Waals surface area (Å²) < 4.78 is 1.33. The van der Waals surface area contributed by atoms with Gasteiger partial charge in [-0.1, -0.05) is 18.2 Å². The Hall–Kier alpha value is -2.96. The van der Waals surface area contributed by atoms with Gasteiger partial charge in [-0.15, -0.1) is 0 Å². The Morgan fingerprint density at radius 3 is 2.58 bits per heavy atom. The quantitative estimate of drug-likeness (QED) is 0.512. The van der Waals surface area contributed by atoms with Crippen LogP contribution in [0.4, 0.5) is 5.82 Å². The molecule has 96 valence electrons. The van der Waals surface area contributed by atoms with Gasteiger partial charge in [-0.2, -0.15) is 5.10 Å². The fourth-order valence-corrected chi connectivity index (χ4v) is 1.93. The number of benzene rings is 1. The first-order chi connectivity index (χ1) is 9.09. The Morgan fingerprint density at radius 1 is 1.21 bits per heavy atom. The lowest BCUT2D eigenvalue weighted by Crippen LogP contribution is -2.07. The molecule has 0 saturated carbocycles. The predicted octanol–water partition coefficient (Wildman–Crippen LogP) is 0.707. The van der Waals surface area contributed by atoms with E-state index >= 15 is 0 Å². The second kappa shape index (κ2) is 3.77. The summed E-state index contributed by atoms with van der Waals surface area (Å²) in [6.45, 7) is 0. The van der Waals surface area contributed by atoms with Crippen molar-refractivity contribution in [3.05, 3.63) is 40.7 Å². The lowest BCUT2D eigenvalue weighted by molar-refractivity contribution is 0.391. The Bertz CT molecular complexity index is 820. The molecule has 0 unspecified atom stereocenters. The van der Waals surface area contributed by atoms with Gasteiger partial charge in [0.2, 0.25) is 11.6 Å². The molecule has 0 spiro atoms. The minimum absolute atomic E-state index is 0.0393. The number of fused-ring (bicyclic) bond motifs is 1. The van der Waals surface area contributed by atoms with E-state index in [1.807, 2.05) is 6.07 Å². The SMILES string of the molecule is Nc1c2c(=O)[nH]c(O)c(O)c2nn1-c1ccccc1. The van der Waals surface area contributed by atoms with Crippen LogP contribution in [-0.4, -0.2) is 25.0 Å². The zero-order chi connectivity index (χ0) is 13.6. The standard InChI is InChI=1S/C12H10N4O3/c13-10-7-8(9(17)12(19)14-11(7)18)15-16(10)6-4-2-1-3-5-6/h1-5,17,19H,13H2,(H,14,18). The van der Waals surface area contributed by atoms with E-state index in [-0.39, 0.29) is 16.7 Å². The molecule has 0 bridgehead atoms. The lowest BCUT2D eigenvalue weighted by atomic mass is 10.3. The topological polar surface area (TPSA) is 117 Å². The molecule has 3 rings (SSSR count). The van der Waals surface area contributed by atoms with E-state index < -0.39 is 17.2 Å². The molecule has 1 aromatic carbocycles. The summed E-state index contributed by atoms with van der Waals surface area (Å²) in [6.07, 6.45) is 0. The number of pyridine rings is 1. The van der Waals surface area contributed by atoms with Crippen LogP contribution in [0.3, 0.4) is 0 Å². The van der Waals surface area contributed by atoms with Gasteiger partial charge < -0.3 is 15.9 Å². The van der Waals surface area contributed by atoms with Crippen molar-refractivity contribution in [1.29, 1.82) is 0 Å². The molecule has 0 amide bonds. The fraction of sp³-hybridized carbons (Fsp3) is 0. The van der Waals surface area contributed by atoms with E-state index in [1.165, 1.54) is 4.68 Å². The number of H-pyrrole nitrogens is 1. The van der Waals surface area contributed by atoms with E-state index in [9.17, 15) is 15.0 Å². The third-order valence-corrected chi connectivity index (χ3v) is 2.83. The maximum Gasteiger partial charge on any atom is 0.264 e. The average Bonchev–Trinajstić information content (AvgIpc) is 2.76.